The Balaban J connectivity index is 1.90. The van der Waals surface area contributed by atoms with Crippen LogP contribution in [0.15, 0.2) is 11.7 Å². The number of anilines is 1. The van der Waals surface area contributed by atoms with Crippen molar-refractivity contribution in [3.63, 3.8) is 0 Å². The molecule has 104 valence electrons. The van der Waals surface area contributed by atoms with Gasteiger partial charge in [0.05, 0.1) is 18.8 Å². The predicted molar refractivity (Wildman–Crippen MR) is 75.6 cm³/mol. The Bertz CT molecular complexity index is 750. The molecule has 0 aliphatic carbocycles. The van der Waals surface area contributed by atoms with E-state index < -0.39 is 0 Å². The summed E-state index contributed by atoms with van der Waals surface area (Å²) in [5.74, 6) is 1.44. The van der Waals surface area contributed by atoms with Crippen molar-refractivity contribution < 1.29 is 5.11 Å². The van der Waals surface area contributed by atoms with Crippen LogP contribution >= 0.6 is 11.3 Å². The maximum absolute atomic E-state index is 9.02. The van der Waals surface area contributed by atoms with Gasteiger partial charge in [-0.05, 0) is 13.8 Å². The van der Waals surface area contributed by atoms with E-state index in [1.165, 1.54) is 17.7 Å². The quantitative estimate of drug-likeness (QED) is 0.753. The summed E-state index contributed by atoms with van der Waals surface area (Å²) < 4.78 is 1.68. The lowest BCUT2D eigenvalue weighted by Gasteiger charge is -2.11. The fourth-order valence-corrected chi connectivity index (χ4v) is 2.63. The van der Waals surface area contributed by atoms with Gasteiger partial charge in [0, 0.05) is 16.6 Å². The number of hydrogen-bond acceptors (Lipinski definition) is 7. The van der Waals surface area contributed by atoms with Gasteiger partial charge in [0.25, 0.3) is 5.78 Å². The highest BCUT2D eigenvalue weighted by atomic mass is 32.1. The van der Waals surface area contributed by atoms with E-state index in [0.29, 0.717) is 18.0 Å². The van der Waals surface area contributed by atoms with Crippen molar-refractivity contribution >= 4 is 22.9 Å². The number of aliphatic hydroxyl groups is 1. The minimum absolute atomic E-state index is 0.0305. The molecule has 0 unspecified atom stereocenters. The topological polar surface area (TPSA) is 88.2 Å². The van der Waals surface area contributed by atoms with Gasteiger partial charge in [-0.15, -0.1) is 11.3 Å². The minimum atomic E-state index is -0.0305. The van der Waals surface area contributed by atoms with Crippen LogP contribution in [-0.2, 0) is 13.2 Å². The maximum atomic E-state index is 9.02. The van der Waals surface area contributed by atoms with E-state index in [9.17, 15) is 0 Å². The highest BCUT2D eigenvalue weighted by molar-refractivity contribution is 7.09. The average molecular weight is 290 g/mol. The molecule has 0 amide bonds. The van der Waals surface area contributed by atoms with Crippen LogP contribution < -0.4 is 5.32 Å². The molecule has 2 N–H and O–H groups in total. The standard InChI is InChI=1S/C12H14N6OS/c1-7-8(2)16-12-14-6-15-18(12)11(7)13-3-10-17-9(4-19)5-20-10/h5-6,13,19H,3-4H2,1-2H3. The van der Waals surface area contributed by atoms with Crippen molar-refractivity contribution in [1.29, 1.82) is 0 Å². The zero-order valence-electron chi connectivity index (χ0n) is 11.2. The largest absolute Gasteiger partial charge is 0.390 e. The van der Waals surface area contributed by atoms with E-state index in [0.717, 1.165) is 22.1 Å². The maximum Gasteiger partial charge on any atom is 0.254 e. The molecule has 7 nitrogen and oxygen atoms in total. The third kappa shape index (κ3) is 2.23. The first-order chi connectivity index (χ1) is 9.69. The van der Waals surface area contributed by atoms with Gasteiger partial charge in [0.1, 0.15) is 17.2 Å². The number of aryl methyl sites for hydroxylation is 1. The first-order valence-electron chi connectivity index (χ1n) is 6.14. The number of rotatable bonds is 4. The van der Waals surface area contributed by atoms with Gasteiger partial charge in [-0.3, -0.25) is 0 Å². The van der Waals surface area contributed by atoms with Gasteiger partial charge < -0.3 is 10.4 Å². The van der Waals surface area contributed by atoms with E-state index in [1.54, 1.807) is 4.52 Å². The molecule has 0 aromatic carbocycles. The second kappa shape index (κ2) is 5.14. The molecule has 0 atom stereocenters. The molecule has 0 spiro atoms. The van der Waals surface area contributed by atoms with E-state index in [-0.39, 0.29) is 6.61 Å². The first kappa shape index (κ1) is 12.9. The molecule has 0 fully saturated rings. The van der Waals surface area contributed by atoms with Crippen molar-refractivity contribution in [3.05, 3.63) is 33.7 Å². The number of fused-ring (bicyclic) bond motifs is 1. The molecule has 3 aromatic heterocycles. The summed E-state index contributed by atoms with van der Waals surface area (Å²) in [5, 5.41) is 19.3. The Morgan fingerprint density at radius 1 is 1.35 bits per heavy atom. The summed E-state index contributed by atoms with van der Waals surface area (Å²) in [4.78, 5) is 12.8. The lowest BCUT2D eigenvalue weighted by molar-refractivity contribution is 0.277. The normalized spacial score (nSPS) is 11.2. The molecule has 8 heteroatoms. The molecular formula is C12H14N6OS. The Hall–Kier alpha value is -2.06. The molecule has 0 radical (unpaired) electrons. The van der Waals surface area contributed by atoms with E-state index in [1.807, 2.05) is 19.2 Å². The van der Waals surface area contributed by atoms with Crippen LogP contribution in [0.4, 0.5) is 5.82 Å². The van der Waals surface area contributed by atoms with E-state index >= 15 is 0 Å². The van der Waals surface area contributed by atoms with Crippen LogP contribution in [0.5, 0.6) is 0 Å². The molecule has 3 heterocycles. The predicted octanol–water partition coefficient (Wildman–Crippen LogP) is 1.30. The third-order valence-corrected chi connectivity index (χ3v) is 3.97. The van der Waals surface area contributed by atoms with Gasteiger partial charge in [-0.1, -0.05) is 0 Å². The molecule has 3 rings (SSSR count). The lowest BCUT2D eigenvalue weighted by Crippen LogP contribution is -2.09. The van der Waals surface area contributed by atoms with Crippen LogP contribution in [0, 0.1) is 13.8 Å². The summed E-state index contributed by atoms with van der Waals surface area (Å²) in [6.45, 7) is 4.48. The number of aliphatic hydroxyl groups excluding tert-OH is 1. The lowest BCUT2D eigenvalue weighted by atomic mass is 10.2. The van der Waals surface area contributed by atoms with Crippen molar-refractivity contribution in [2.75, 3.05) is 5.32 Å². The summed E-state index contributed by atoms with van der Waals surface area (Å²) in [6.07, 6.45) is 1.49. The van der Waals surface area contributed by atoms with E-state index in [4.69, 9.17) is 5.11 Å². The zero-order chi connectivity index (χ0) is 14.1. The van der Waals surface area contributed by atoms with Gasteiger partial charge in [0.2, 0.25) is 0 Å². The Morgan fingerprint density at radius 3 is 2.95 bits per heavy atom. The number of thiazole rings is 1. The molecule has 3 aromatic rings. The van der Waals surface area contributed by atoms with Gasteiger partial charge in [-0.2, -0.15) is 14.6 Å². The Kier molecular flexibility index (Phi) is 3.33. The fraction of sp³-hybridized carbons (Fsp3) is 0.333. The van der Waals surface area contributed by atoms with Gasteiger partial charge >= 0.3 is 0 Å². The van der Waals surface area contributed by atoms with Crippen molar-refractivity contribution in [1.82, 2.24) is 24.6 Å². The molecule has 0 bridgehead atoms. The molecule has 0 saturated heterocycles. The van der Waals surface area contributed by atoms with Crippen LogP contribution in [-0.4, -0.2) is 29.7 Å². The second-order valence-electron chi connectivity index (χ2n) is 4.39. The molecule has 0 aliphatic heterocycles. The molecule has 20 heavy (non-hydrogen) atoms. The number of aromatic nitrogens is 5. The highest BCUT2D eigenvalue weighted by Crippen LogP contribution is 2.19. The Labute approximate surface area is 119 Å². The fourth-order valence-electron chi connectivity index (χ4n) is 1.90. The Morgan fingerprint density at radius 2 is 2.20 bits per heavy atom. The van der Waals surface area contributed by atoms with Crippen LogP contribution in [0.25, 0.3) is 5.78 Å². The molecule has 0 aliphatic rings. The minimum Gasteiger partial charge on any atom is -0.390 e. The second-order valence-corrected chi connectivity index (χ2v) is 5.33. The molecular weight excluding hydrogens is 276 g/mol. The summed E-state index contributed by atoms with van der Waals surface area (Å²) >= 11 is 1.52. The third-order valence-electron chi connectivity index (χ3n) is 3.08. The number of nitrogens with zero attached hydrogens (tertiary/aromatic N) is 5. The highest BCUT2D eigenvalue weighted by Gasteiger charge is 2.11. The number of hydrogen-bond donors (Lipinski definition) is 2. The number of nitrogens with one attached hydrogen (secondary N) is 1. The van der Waals surface area contributed by atoms with Crippen molar-refractivity contribution in [3.8, 4) is 0 Å². The summed E-state index contributed by atoms with van der Waals surface area (Å²) in [5.41, 5.74) is 2.64. The SMILES string of the molecule is Cc1nc2ncnn2c(NCc2nc(CO)cs2)c1C. The molecule has 0 saturated carbocycles. The summed E-state index contributed by atoms with van der Waals surface area (Å²) in [7, 11) is 0. The zero-order valence-corrected chi connectivity index (χ0v) is 12.0. The average Bonchev–Trinajstić information content (AvgIpc) is 3.07. The van der Waals surface area contributed by atoms with Crippen molar-refractivity contribution in [2.24, 2.45) is 0 Å². The van der Waals surface area contributed by atoms with Gasteiger partial charge in [-0.25, -0.2) is 9.97 Å². The van der Waals surface area contributed by atoms with Crippen molar-refractivity contribution in [2.45, 2.75) is 27.0 Å². The summed E-state index contributed by atoms with van der Waals surface area (Å²) in [6, 6.07) is 0. The van der Waals surface area contributed by atoms with E-state index in [2.05, 4.69) is 25.4 Å². The smallest absolute Gasteiger partial charge is 0.254 e. The monoisotopic (exact) mass is 290 g/mol. The first-order valence-corrected chi connectivity index (χ1v) is 7.02. The van der Waals surface area contributed by atoms with Crippen LogP contribution in [0.1, 0.15) is 22.0 Å². The van der Waals surface area contributed by atoms with Gasteiger partial charge in [0.15, 0.2) is 0 Å². The van der Waals surface area contributed by atoms with Crippen LogP contribution in [0.3, 0.4) is 0 Å². The van der Waals surface area contributed by atoms with Crippen LogP contribution in [0.2, 0.25) is 0 Å².